The summed E-state index contributed by atoms with van der Waals surface area (Å²) < 4.78 is 36.4. The SMILES string of the molecule is CCCNC(=O)OC(COc1ccccc1)COc1c2ccccc2c(OCC(COc2ccccc2)OC(=O)NCCC)c2ccccc12. The molecule has 2 atom stereocenters. The number of amides is 2. The van der Waals surface area contributed by atoms with Crippen molar-refractivity contribution in [2.45, 2.75) is 38.9 Å². The molecule has 0 aliphatic heterocycles. The topological polar surface area (TPSA) is 114 Å². The number of benzene rings is 5. The molecule has 2 N–H and O–H groups in total. The molecule has 5 aromatic rings. The van der Waals surface area contributed by atoms with Crippen LogP contribution in [0, 0.1) is 0 Å². The second-order valence-electron chi connectivity index (χ2n) is 11.5. The van der Waals surface area contributed by atoms with E-state index < -0.39 is 24.4 Å². The van der Waals surface area contributed by atoms with Crippen LogP contribution >= 0.6 is 0 Å². The standard InChI is InChI=1S/C40H44N2O8/c1-3-23-41-39(43)49-31(25-45-29-15-7-5-8-16-29)27-47-37-33-19-11-13-21-35(33)38(36-22-14-12-20-34(36)37)48-28-32(50-40(44)42-24-4-2)26-46-30-17-9-6-10-18-30/h5-22,31-32H,3-4,23-28H2,1-2H3,(H,41,43)(H,42,44). The lowest BCUT2D eigenvalue weighted by Gasteiger charge is -2.23. The van der Waals surface area contributed by atoms with Gasteiger partial charge in [0.25, 0.3) is 0 Å². The summed E-state index contributed by atoms with van der Waals surface area (Å²) in [5.74, 6) is 2.55. The molecule has 0 bridgehead atoms. The van der Waals surface area contributed by atoms with Gasteiger partial charge < -0.3 is 39.1 Å². The van der Waals surface area contributed by atoms with Crippen LogP contribution in [0.1, 0.15) is 26.7 Å². The molecule has 0 heterocycles. The summed E-state index contributed by atoms with van der Waals surface area (Å²) in [5.41, 5.74) is 0. The van der Waals surface area contributed by atoms with E-state index in [0.29, 0.717) is 36.1 Å². The van der Waals surface area contributed by atoms with Crippen LogP contribution in [0.25, 0.3) is 21.5 Å². The lowest BCUT2D eigenvalue weighted by atomic mass is 10.0. The number of ether oxygens (including phenoxy) is 6. The van der Waals surface area contributed by atoms with Gasteiger partial charge in [0, 0.05) is 34.6 Å². The van der Waals surface area contributed by atoms with E-state index in [4.69, 9.17) is 28.4 Å². The van der Waals surface area contributed by atoms with Crippen molar-refractivity contribution in [3.8, 4) is 23.0 Å². The van der Waals surface area contributed by atoms with E-state index in [1.165, 1.54) is 0 Å². The third-order valence-electron chi connectivity index (χ3n) is 7.60. The maximum Gasteiger partial charge on any atom is 0.407 e. The Morgan fingerprint density at radius 2 is 0.800 bits per heavy atom. The van der Waals surface area contributed by atoms with Gasteiger partial charge in [-0.1, -0.05) is 98.8 Å². The molecule has 5 rings (SSSR count). The van der Waals surface area contributed by atoms with Crippen molar-refractivity contribution in [2.75, 3.05) is 39.5 Å². The smallest absolute Gasteiger partial charge is 0.407 e. The van der Waals surface area contributed by atoms with Gasteiger partial charge in [0.05, 0.1) is 0 Å². The summed E-state index contributed by atoms with van der Waals surface area (Å²) in [5, 5.41) is 8.73. The second-order valence-corrected chi connectivity index (χ2v) is 11.5. The van der Waals surface area contributed by atoms with Crippen molar-refractivity contribution in [3.05, 3.63) is 109 Å². The van der Waals surface area contributed by atoms with Gasteiger partial charge in [-0.3, -0.25) is 0 Å². The third-order valence-corrected chi connectivity index (χ3v) is 7.60. The average Bonchev–Trinajstić information content (AvgIpc) is 3.16. The molecule has 10 nitrogen and oxygen atoms in total. The molecule has 0 aromatic heterocycles. The first kappa shape index (κ1) is 35.7. The molecule has 0 radical (unpaired) electrons. The summed E-state index contributed by atoms with van der Waals surface area (Å²) >= 11 is 0. The van der Waals surface area contributed by atoms with E-state index in [0.717, 1.165) is 34.4 Å². The van der Waals surface area contributed by atoms with Crippen LogP contribution in [0.2, 0.25) is 0 Å². The number of fused-ring (bicyclic) bond motifs is 2. The van der Waals surface area contributed by atoms with Crippen LogP contribution in [-0.4, -0.2) is 63.9 Å². The Labute approximate surface area is 292 Å². The fourth-order valence-electron chi connectivity index (χ4n) is 5.20. The van der Waals surface area contributed by atoms with Gasteiger partial charge in [0.2, 0.25) is 0 Å². The van der Waals surface area contributed by atoms with Crippen molar-refractivity contribution in [3.63, 3.8) is 0 Å². The fraction of sp³-hybridized carbons (Fsp3) is 0.300. The van der Waals surface area contributed by atoms with Crippen LogP contribution in [0.3, 0.4) is 0 Å². The van der Waals surface area contributed by atoms with Gasteiger partial charge in [0.1, 0.15) is 49.4 Å². The van der Waals surface area contributed by atoms with Crippen LogP contribution in [-0.2, 0) is 9.47 Å². The van der Waals surface area contributed by atoms with Crippen molar-refractivity contribution in [1.29, 1.82) is 0 Å². The normalized spacial score (nSPS) is 12.0. The van der Waals surface area contributed by atoms with E-state index >= 15 is 0 Å². The fourth-order valence-corrected chi connectivity index (χ4v) is 5.20. The minimum atomic E-state index is -0.707. The van der Waals surface area contributed by atoms with Crippen molar-refractivity contribution in [1.82, 2.24) is 10.6 Å². The number of nitrogens with one attached hydrogen (secondary N) is 2. The van der Waals surface area contributed by atoms with Crippen LogP contribution < -0.4 is 29.6 Å². The molecule has 2 unspecified atom stereocenters. The zero-order valence-electron chi connectivity index (χ0n) is 28.5. The van der Waals surface area contributed by atoms with E-state index in [1.807, 2.05) is 123 Å². The summed E-state index contributed by atoms with van der Waals surface area (Å²) in [4.78, 5) is 25.1. The molecule has 262 valence electrons. The van der Waals surface area contributed by atoms with Gasteiger partial charge in [-0.05, 0) is 37.1 Å². The minimum Gasteiger partial charge on any atom is -0.490 e. The van der Waals surface area contributed by atoms with E-state index in [9.17, 15) is 9.59 Å². The summed E-state index contributed by atoms with van der Waals surface area (Å²) in [6.45, 7) is 5.21. The summed E-state index contributed by atoms with van der Waals surface area (Å²) in [7, 11) is 0. The first-order valence-corrected chi connectivity index (χ1v) is 17.0. The number of hydrogen-bond donors (Lipinski definition) is 2. The number of rotatable bonds is 18. The minimum absolute atomic E-state index is 0.0418. The van der Waals surface area contributed by atoms with Gasteiger partial charge in [-0.15, -0.1) is 0 Å². The molecule has 0 spiro atoms. The molecule has 2 amide bonds. The maximum atomic E-state index is 12.6. The Bertz CT molecular complexity index is 1610. The highest BCUT2D eigenvalue weighted by Gasteiger charge is 2.22. The Morgan fingerprint density at radius 1 is 0.480 bits per heavy atom. The number of alkyl carbamates (subject to hydrolysis) is 2. The zero-order chi connectivity index (χ0) is 35.0. The first-order chi connectivity index (χ1) is 24.6. The second kappa shape index (κ2) is 18.8. The maximum absolute atomic E-state index is 12.6. The molecular weight excluding hydrogens is 636 g/mol. The van der Waals surface area contributed by atoms with E-state index in [-0.39, 0.29) is 26.4 Å². The molecule has 0 aliphatic rings. The Morgan fingerprint density at radius 3 is 1.14 bits per heavy atom. The lowest BCUT2D eigenvalue weighted by Crippen LogP contribution is -2.36. The van der Waals surface area contributed by atoms with Crippen molar-refractivity contribution >= 4 is 33.7 Å². The number of carbonyl (C=O) groups excluding carboxylic acids is 2. The zero-order valence-corrected chi connectivity index (χ0v) is 28.5. The number of para-hydroxylation sites is 2. The Kier molecular flexibility index (Phi) is 13.4. The van der Waals surface area contributed by atoms with Gasteiger partial charge in [0.15, 0.2) is 12.2 Å². The highest BCUT2D eigenvalue weighted by atomic mass is 16.6. The number of carbonyl (C=O) groups is 2. The molecular formula is C40H44N2O8. The summed E-state index contributed by atoms with van der Waals surface area (Å²) in [6, 6.07) is 34.2. The molecule has 10 heteroatoms. The molecule has 5 aromatic carbocycles. The van der Waals surface area contributed by atoms with Crippen LogP contribution in [0.15, 0.2) is 109 Å². The molecule has 0 fully saturated rings. The molecule has 0 aliphatic carbocycles. The molecule has 0 saturated heterocycles. The van der Waals surface area contributed by atoms with Gasteiger partial charge in [-0.25, -0.2) is 9.59 Å². The summed E-state index contributed by atoms with van der Waals surface area (Å²) in [6.07, 6.45) is -0.924. The Hall–Kier alpha value is -5.64. The monoisotopic (exact) mass is 680 g/mol. The first-order valence-electron chi connectivity index (χ1n) is 17.0. The average molecular weight is 681 g/mol. The van der Waals surface area contributed by atoms with Gasteiger partial charge in [-0.2, -0.15) is 0 Å². The van der Waals surface area contributed by atoms with Crippen LogP contribution in [0.5, 0.6) is 23.0 Å². The quantitative estimate of drug-likeness (QED) is 0.0898. The van der Waals surface area contributed by atoms with Crippen LogP contribution in [0.4, 0.5) is 9.59 Å². The van der Waals surface area contributed by atoms with Crippen molar-refractivity contribution in [2.24, 2.45) is 0 Å². The van der Waals surface area contributed by atoms with Crippen molar-refractivity contribution < 1.29 is 38.0 Å². The highest BCUT2D eigenvalue weighted by molar-refractivity contribution is 6.11. The van der Waals surface area contributed by atoms with E-state index in [1.54, 1.807) is 0 Å². The predicted octanol–water partition coefficient (Wildman–Crippen LogP) is 7.92. The van der Waals surface area contributed by atoms with E-state index in [2.05, 4.69) is 10.6 Å². The predicted molar refractivity (Wildman–Crippen MR) is 193 cm³/mol. The largest absolute Gasteiger partial charge is 0.490 e. The third kappa shape index (κ3) is 10.2. The number of hydrogen-bond acceptors (Lipinski definition) is 8. The Balaban J connectivity index is 1.39. The molecule has 0 saturated carbocycles. The molecule has 50 heavy (non-hydrogen) atoms. The highest BCUT2D eigenvalue weighted by Crippen LogP contribution is 2.43. The van der Waals surface area contributed by atoms with Gasteiger partial charge >= 0.3 is 12.2 Å². The lowest BCUT2D eigenvalue weighted by molar-refractivity contribution is 0.0356.